The van der Waals surface area contributed by atoms with Crippen LogP contribution in [0.15, 0.2) is 150 Å². The van der Waals surface area contributed by atoms with Gasteiger partial charge in [-0.3, -0.25) is 9.59 Å². The molecule has 0 spiro atoms. The van der Waals surface area contributed by atoms with Crippen LogP contribution in [0.5, 0.6) is 5.75 Å². The van der Waals surface area contributed by atoms with Crippen molar-refractivity contribution < 1.29 is 37.1 Å². The van der Waals surface area contributed by atoms with Crippen LogP contribution in [0.2, 0.25) is 0 Å². The average Bonchev–Trinajstić information content (AvgIpc) is 3.97. The van der Waals surface area contributed by atoms with E-state index < -0.39 is 17.7 Å². The normalized spacial score (nSPS) is 13.5. The topological polar surface area (TPSA) is 119 Å². The van der Waals surface area contributed by atoms with Gasteiger partial charge in [-0.15, -0.1) is 11.3 Å². The van der Waals surface area contributed by atoms with E-state index in [0.29, 0.717) is 48.6 Å². The number of oxime groups is 1. The van der Waals surface area contributed by atoms with Crippen molar-refractivity contribution in [1.29, 1.82) is 0 Å². The number of unbranched alkanes of at least 4 members (excludes halogenated alkanes) is 2. The third-order valence-corrected chi connectivity index (χ3v) is 11.5. The van der Waals surface area contributed by atoms with E-state index in [2.05, 4.69) is 77.4 Å². The van der Waals surface area contributed by atoms with Gasteiger partial charge in [-0.05, 0) is 104 Å². The second kappa shape index (κ2) is 26.8. The molecule has 7 rings (SSSR count). The Labute approximate surface area is 390 Å². The van der Waals surface area contributed by atoms with Gasteiger partial charge in [-0.25, -0.2) is 10.0 Å². The van der Waals surface area contributed by atoms with E-state index in [1.165, 1.54) is 37.8 Å². The van der Waals surface area contributed by atoms with Crippen LogP contribution < -0.4 is 25.8 Å². The first-order chi connectivity index (χ1) is 32.1. The second-order valence-corrected chi connectivity index (χ2v) is 16.3. The molecular formula is C52H60F3N5O5S. The van der Waals surface area contributed by atoms with Crippen molar-refractivity contribution in [2.45, 2.75) is 64.1 Å². The highest BCUT2D eigenvalue weighted by Gasteiger charge is 2.46. The molecule has 2 amide bonds. The van der Waals surface area contributed by atoms with Gasteiger partial charge in [0.1, 0.15) is 24.4 Å². The molecule has 0 aliphatic carbocycles. The number of hydrogen-bond acceptors (Lipinski definition) is 9. The molecule has 0 saturated carbocycles. The lowest BCUT2D eigenvalue weighted by molar-refractivity contribution is -0.137. The number of hydrazine groups is 1. The minimum Gasteiger partial charge on any atom is -0.484 e. The van der Waals surface area contributed by atoms with Crippen molar-refractivity contribution in [3.63, 3.8) is 0 Å². The van der Waals surface area contributed by atoms with Crippen molar-refractivity contribution in [2.24, 2.45) is 16.8 Å². The highest BCUT2D eigenvalue weighted by atomic mass is 32.1. The molecule has 350 valence electrons. The fourth-order valence-corrected chi connectivity index (χ4v) is 7.94. The summed E-state index contributed by atoms with van der Waals surface area (Å²) < 4.78 is 49.0. The number of ether oxygens (including phenoxy) is 2. The van der Waals surface area contributed by atoms with E-state index in [1.54, 1.807) is 18.4 Å². The molecule has 6 aromatic rings. The van der Waals surface area contributed by atoms with Crippen molar-refractivity contribution in [3.8, 4) is 5.75 Å². The molecule has 0 radical (unpaired) electrons. The van der Waals surface area contributed by atoms with E-state index in [-0.39, 0.29) is 24.5 Å². The molecule has 1 fully saturated rings. The number of hydrogen-bond donors (Lipinski definition) is 2. The Morgan fingerprint density at radius 1 is 0.788 bits per heavy atom. The molecule has 5 aromatic carbocycles. The lowest BCUT2D eigenvalue weighted by Gasteiger charge is -2.27. The van der Waals surface area contributed by atoms with Crippen LogP contribution in [0, 0.1) is 5.92 Å². The molecule has 1 saturated heterocycles. The van der Waals surface area contributed by atoms with Crippen LogP contribution in [0.1, 0.15) is 74.0 Å². The van der Waals surface area contributed by atoms with Crippen LogP contribution >= 0.6 is 11.3 Å². The van der Waals surface area contributed by atoms with Crippen molar-refractivity contribution in [2.75, 3.05) is 50.5 Å². The Kier molecular flexibility index (Phi) is 20.7. The zero-order valence-corrected chi connectivity index (χ0v) is 38.6. The number of fused-ring (bicyclic) bond motifs is 1. The second-order valence-electron chi connectivity index (χ2n) is 15.3. The van der Waals surface area contributed by atoms with Crippen LogP contribution in [0.4, 0.5) is 24.5 Å². The standard InChI is InChI=1S/C19H20N2O2.C18H19NOS.C15H21F3N2O2/c1-2-3-14-17-18(22)20(15-10-6-4-7-11-15)21(19(17)23)16-12-8-5-9-13-16;1-19-12-11-17(18-10-5-13-21-18)20-16-9-4-7-14-6-2-3-8-15(14)16;1-21-10-3-2-4-14(20-22-11-9-19)12-5-7-13(8-6-12)15(16,17)18/h4-13,17H,2-3,14H2,1H3;2-10,13,17,19H,11-12H2,1H3;5-8H,2-4,9-11,19H2,1H3/b;;20-14+/t;17-;/m.0./s1. The molecule has 1 atom stereocenters. The Hall–Kier alpha value is -6.06. The van der Waals surface area contributed by atoms with Crippen molar-refractivity contribution in [1.82, 2.24) is 5.32 Å². The number of carbonyl (C=O) groups is 2. The van der Waals surface area contributed by atoms with Gasteiger partial charge >= 0.3 is 6.18 Å². The van der Waals surface area contributed by atoms with Crippen LogP contribution in [0.25, 0.3) is 10.8 Å². The van der Waals surface area contributed by atoms with E-state index in [4.69, 9.17) is 20.0 Å². The number of halogens is 3. The number of methoxy groups -OCH3 is 1. The molecule has 3 N–H and O–H groups in total. The quantitative estimate of drug-likeness (QED) is 0.0339. The highest BCUT2D eigenvalue weighted by Crippen LogP contribution is 2.35. The molecule has 2 heterocycles. The fourth-order valence-electron chi connectivity index (χ4n) is 7.15. The van der Waals surface area contributed by atoms with Crippen molar-refractivity contribution >= 4 is 51.0 Å². The number of benzene rings is 5. The number of amides is 2. The summed E-state index contributed by atoms with van der Waals surface area (Å²) >= 11 is 1.75. The summed E-state index contributed by atoms with van der Waals surface area (Å²) in [6.45, 7) is 4.22. The third kappa shape index (κ3) is 14.7. The molecular weight excluding hydrogens is 864 g/mol. The summed E-state index contributed by atoms with van der Waals surface area (Å²) in [5, 5.41) is 14.7. The number of carbonyl (C=O) groups excluding carboxylic acids is 2. The highest BCUT2D eigenvalue weighted by molar-refractivity contribution is 7.10. The molecule has 66 heavy (non-hydrogen) atoms. The third-order valence-electron chi connectivity index (χ3n) is 10.5. The molecule has 10 nitrogen and oxygen atoms in total. The minimum absolute atomic E-state index is 0.100. The SMILES string of the molecule is CCCCC1C(=O)N(c2ccccc2)N(c2ccccc2)C1=O.CNCC[C@H](Oc1cccc2ccccc12)c1cccs1.COCCCC/C(=N\OCCN)c1ccc(C(F)(F)F)cc1. The van der Waals surface area contributed by atoms with Crippen molar-refractivity contribution in [3.05, 3.63) is 161 Å². The number of rotatable bonds is 20. The predicted molar refractivity (Wildman–Crippen MR) is 260 cm³/mol. The minimum atomic E-state index is -4.34. The smallest absolute Gasteiger partial charge is 0.416 e. The number of nitrogens with two attached hydrogens (primary N) is 1. The summed E-state index contributed by atoms with van der Waals surface area (Å²) in [5.74, 6) is 0.0926. The monoisotopic (exact) mass is 923 g/mol. The lowest BCUT2D eigenvalue weighted by atomic mass is 10.0. The van der Waals surface area contributed by atoms with Crippen LogP contribution in [-0.2, 0) is 25.3 Å². The molecule has 1 aromatic heterocycles. The van der Waals surface area contributed by atoms with Crippen LogP contribution in [-0.4, -0.2) is 58.0 Å². The van der Waals surface area contributed by atoms with E-state index in [9.17, 15) is 22.8 Å². The van der Waals surface area contributed by atoms with Gasteiger partial charge in [0.05, 0.1) is 22.6 Å². The summed E-state index contributed by atoms with van der Waals surface area (Å²) in [5.41, 5.74) is 7.30. The number of para-hydroxylation sites is 2. The molecule has 1 aliphatic heterocycles. The summed E-state index contributed by atoms with van der Waals surface area (Å²) in [7, 11) is 3.60. The zero-order chi connectivity index (χ0) is 47.2. The maximum Gasteiger partial charge on any atom is 0.416 e. The first-order valence-electron chi connectivity index (χ1n) is 22.3. The van der Waals surface area contributed by atoms with Gasteiger partial charge in [0.25, 0.3) is 11.8 Å². The molecule has 0 bridgehead atoms. The number of alkyl halides is 3. The number of thiophene rings is 1. The Morgan fingerprint density at radius 3 is 2.00 bits per heavy atom. The van der Waals surface area contributed by atoms with Gasteiger partial charge < -0.3 is 25.4 Å². The lowest BCUT2D eigenvalue weighted by Crippen LogP contribution is -2.41. The van der Waals surface area contributed by atoms with E-state index >= 15 is 0 Å². The van der Waals surface area contributed by atoms with Gasteiger partial charge in [-0.1, -0.05) is 116 Å². The van der Waals surface area contributed by atoms with Gasteiger partial charge in [0.15, 0.2) is 0 Å². The molecule has 1 aliphatic rings. The van der Waals surface area contributed by atoms with E-state index in [0.717, 1.165) is 56.5 Å². The number of nitrogens with zero attached hydrogens (tertiary/aromatic N) is 3. The van der Waals surface area contributed by atoms with Gasteiger partial charge in [-0.2, -0.15) is 13.2 Å². The number of anilines is 2. The maximum atomic E-state index is 12.9. The summed E-state index contributed by atoms with van der Waals surface area (Å²) in [4.78, 5) is 32.1. The van der Waals surface area contributed by atoms with Crippen LogP contribution in [0.3, 0.4) is 0 Å². The first-order valence-corrected chi connectivity index (χ1v) is 23.1. The Morgan fingerprint density at radius 2 is 1.42 bits per heavy atom. The first kappa shape index (κ1) is 50.9. The predicted octanol–water partition coefficient (Wildman–Crippen LogP) is 11.6. The Bertz CT molecular complexity index is 2310. The summed E-state index contributed by atoms with van der Waals surface area (Å²) in [6.07, 6.45) is 1.39. The fraction of sp³-hybridized carbons (Fsp3) is 0.327. The molecule has 14 heteroatoms. The Balaban J connectivity index is 0.000000186. The summed E-state index contributed by atoms with van der Waals surface area (Å²) in [6, 6.07) is 42.4. The van der Waals surface area contributed by atoms with Gasteiger partial charge in [0, 0.05) is 36.9 Å². The van der Waals surface area contributed by atoms with Gasteiger partial charge in [0.2, 0.25) is 0 Å². The average molecular weight is 924 g/mol. The largest absolute Gasteiger partial charge is 0.484 e. The maximum absolute atomic E-state index is 12.9. The zero-order valence-electron chi connectivity index (χ0n) is 37.8. The molecule has 0 unspecified atom stereocenters. The number of nitrogens with one attached hydrogen (secondary N) is 1. The van der Waals surface area contributed by atoms with E-state index in [1.807, 2.05) is 67.7 Å².